The maximum absolute atomic E-state index is 13.4. The molecule has 0 aliphatic heterocycles. The Kier molecular flexibility index (Phi) is 4.12. The van der Waals surface area contributed by atoms with Gasteiger partial charge >= 0.3 is 0 Å². The molecule has 0 atom stereocenters. The summed E-state index contributed by atoms with van der Waals surface area (Å²) in [5.41, 5.74) is 0.276. The third-order valence-electron chi connectivity index (χ3n) is 2.10. The quantitative estimate of drug-likeness (QED) is 0.787. The van der Waals surface area contributed by atoms with Crippen LogP contribution < -0.4 is 5.32 Å². The Morgan fingerprint density at radius 2 is 2.12 bits per heavy atom. The predicted molar refractivity (Wildman–Crippen MR) is 72.8 cm³/mol. The van der Waals surface area contributed by atoms with Crippen LogP contribution in [0.25, 0.3) is 0 Å². The van der Waals surface area contributed by atoms with Gasteiger partial charge in [-0.1, -0.05) is 17.7 Å². The highest BCUT2D eigenvalue weighted by Gasteiger charge is 2.09. The maximum Gasteiger partial charge on any atom is 0.183 e. The fourth-order valence-electron chi connectivity index (χ4n) is 1.32. The summed E-state index contributed by atoms with van der Waals surface area (Å²) in [6, 6.07) is 6.33. The van der Waals surface area contributed by atoms with Crippen molar-refractivity contribution < 1.29 is 8.81 Å². The van der Waals surface area contributed by atoms with Crippen molar-refractivity contribution in [1.29, 1.82) is 0 Å². The van der Waals surface area contributed by atoms with E-state index < -0.39 is 0 Å². The Bertz CT molecular complexity index is 505. The molecule has 0 unspecified atom stereocenters. The minimum absolute atomic E-state index is 0.276. The molecule has 0 radical (unpaired) electrons. The lowest BCUT2D eigenvalue weighted by Crippen LogP contribution is -2.01. The summed E-state index contributed by atoms with van der Waals surface area (Å²) >= 11 is 12.4. The summed E-state index contributed by atoms with van der Waals surface area (Å²) in [5, 5.41) is 3.24. The minimum atomic E-state index is -0.387. The van der Waals surface area contributed by atoms with Gasteiger partial charge in [0, 0.05) is 0 Å². The van der Waals surface area contributed by atoms with E-state index in [0.29, 0.717) is 22.0 Å². The molecular formula is C11H7Br2ClFNO. The van der Waals surface area contributed by atoms with Crippen molar-refractivity contribution in [1.82, 2.24) is 0 Å². The van der Waals surface area contributed by atoms with Gasteiger partial charge in [0.25, 0.3) is 0 Å². The van der Waals surface area contributed by atoms with Crippen LogP contribution in [0.3, 0.4) is 0 Å². The topological polar surface area (TPSA) is 25.2 Å². The molecule has 1 aromatic heterocycles. The zero-order valence-corrected chi connectivity index (χ0v) is 12.4. The summed E-state index contributed by atoms with van der Waals surface area (Å²) in [6.07, 6.45) is 0. The van der Waals surface area contributed by atoms with E-state index in [1.165, 1.54) is 6.07 Å². The highest BCUT2D eigenvalue weighted by Crippen LogP contribution is 2.29. The Balaban J connectivity index is 2.12. The highest BCUT2D eigenvalue weighted by atomic mass is 79.9. The van der Waals surface area contributed by atoms with Crippen LogP contribution in [0, 0.1) is 5.82 Å². The Morgan fingerprint density at radius 3 is 2.71 bits per heavy atom. The first-order chi connectivity index (χ1) is 8.08. The Hall–Kier alpha value is -0.520. The lowest BCUT2D eigenvalue weighted by Gasteiger charge is -2.07. The number of rotatable bonds is 3. The summed E-state index contributed by atoms with van der Waals surface area (Å²) in [6.45, 7) is 0.352. The maximum atomic E-state index is 13.4. The lowest BCUT2D eigenvalue weighted by molar-refractivity contribution is 0.493. The van der Waals surface area contributed by atoms with E-state index in [9.17, 15) is 4.39 Å². The molecule has 0 saturated heterocycles. The first-order valence-electron chi connectivity index (χ1n) is 4.69. The van der Waals surface area contributed by atoms with Gasteiger partial charge in [0.2, 0.25) is 0 Å². The van der Waals surface area contributed by atoms with Crippen LogP contribution in [0.1, 0.15) is 5.76 Å². The van der Waals surface area contributed by atoms with Crippen LogP contribution in [-0.2, 0) is 6.54 Å². The van der Waals surface area contributed by atoms with E-state index in [1.807, 2.05) is 0 Å². The van der Waals surface area contributed by atoms with E-state index >= 15 is 0 Å². The van der Waals surface area contributed by atoms with Crippen LogP contribution in [0.5, 0.6) is 0 Å². The van der Waals surface area contributed by atoms with Crippen LogP contribution in [0.2, 0.25) is 5.02 Å². The second-order valence-corrected chi connectivity index (χ2v) is 5.27. The molecule has 0 bridgehead atoms. The molecule has 0 aliphatic rings. The van der Waals surface area contributed by atoms with Crippen molar-refractivity contribution in [2.24, 2.45) is 0 Å². The van der Waals surface area contributed by atoms with Crippen molar-refractivity contribution in [2.45, 2.75) is 6.54 Å². The first kappa shape index (κ1) is 12.9. The van der Waals surface area contributed by atoms with Gasteiger partial charge < -0.3 is 9.73 Å². The molecule has 0 amide bonds. The van der Waals surface area contributed by atoms with Gasteiger partial charge in [0.15, 0.2) is 4.67 Å². The molecule has 0 fully saturated rings. The van der Waals surface area contributed by atoms with Crippen molar-refractivity contribution >= 4 is 49.1 Å². The van der Waals surface area contributed by atoms with Gasteiger partial charge in [-0.05, 0) is 50.1 Å². The summed E-state index contributed by atoms with van der Waals surface area (Å²) in [5.74, 6) is 0.283. The smallest absolute Gasteiger partial charge is 0.183 e. The molecule has 2 aromatic rings. The van der Waals surface area contributed by atoms with Crippen molar-refractivity contribution in [2.75, 3.05) is 5.32 Å². The van der Waals surface area contributed by atoms with Gasteiger partial charge in [0.05, 0.1) is 21.7 Å². The highest BCUT2D eigenvalue weighted by molar-refractivity contribution is 9.13. The average molecular weight is 383 g/mol. The fraction of sp³-hybridized carbons (Fsp3) is 0.0909. The Morgan fingerprint density at radius 1 is 1.35 bits per heavy atom. The van der Waals surface area contributed by atoms with E-state index in [0.717, 1.165) is 4.47 Å². The van der Waals surface area contributed by atoms with Crippen LogP contribution in [0.4, 0.5) is 10.1 Å². The van der Waals surface area contributed by atoms with Crippen LogP contribution in [-0.4, -0.2) is 0 Å². The standard InChI is InChI=1S/C11H7Br2ClFNO/c12-7-4-6(17-11(7)13)5-16-10-8(14)2-1-3-9(10)15/h1-4,16H,5H2. The average Bonchev–Trinajstić information content (AvgIpc) is 2.58. The lowest BCUT2D eigenvalue weighted by atomic mass is 10.3. The normalized spacial score (nSPS) is 10.6. The van der Waals surface area contributed by atoms with Crippen molar-refractivity contribution in [3.05, 3.63) is 50.0 Å². The molecule has 0 aliphatic carbocycles. The number of furan rings is 1. The number of halogens is 4. The Labute approximate surface area is 119 Å². The zero-order chi connectivity index (χ0) is 12.4. The van der Waals surface area contributed by atoms with Gasteiger partial charge in [-0.15, -0.1) is 0 Å². The van der Waals surface area contributed by atoms with Gasteiger partial charge in [-0.25, -0.2) is 4.39 Å². The van der Waals surface area contributed by atoms with Gasteiger partial charge in [-0.2, -0.15) is 0 Å². The number of hydrogen-bond acceptors (Lipinski definition) is 2. The van der Waals surface area contributed by atoms with E-state index in [1.54, 1.807) is 18.2 Å². The van der Waals surface area contributed by atoms with E-state index in [2.05, 4.69) is 37.2 Å². The SMILES string of the molecule is Fc1cccc(Cl)c1NCc1cc(Br)c(Br)o1. The largest absolute Gasteiger partial charge is 0.451 e. The number of benzene rings is 1. The second-order valence-electron chi connectivity index (χ2n) is 3.28. The molecule has 90 valence electrons. The van der Waals surface area contributed by atoms with Gasteiger partial charge in [0.1, 0.15) is 11.6 Å². The second kappa shape index (κ2) is 5.42. The minimum Gasteiger partial charge on any atom is -0.451 e. The molecule has 2 rings (SSSR count). The molecule has 17 heavy (non-hydrogen) atoms. The number of anilines is 1. The number of hydrogen-bond donors (Lipinski definition) is 1. The third kappa shape index (κ3) is 3.03. The summed E-state index contributed by atoms with van der Waals surface area (Å²) in [4.78, 5) is 0. The predicted octanol–water partition coefficient (Wildman–Crippen LogP) is 5.21. The molecule has 1 aromatic carbocycles. The van der Waals surface area contributed by atoms with E-state index in [4.69, 9.17) is 16.0 Å². The van der Waals surface area contributed by atoms with Crippen molar-refractivity contribution in [3.63, 3.8) is 0 Å². The number of para-hydroxylation sites is 1. The van der Waals surface area contributed by atoms with Gasteiger partial charge in [-0.3, -0.25) is 0 Å². The monoisotopic (exact) mass is 381 g/mol. The molecule has 2 nitrogen and oxygen atoms in total. The number of nitrogens with one attached hydrogen (secondary N) is 1. The summed E-state index contributed by atoms with van der Waals surface area (Å²) < 4.78 is 20.2. The van der Waals surface area contributed by atoms with E-state index in [-0.39, 0.29) is 11.5 Å². The zero-order valence-electron chi connectivity index (χ0n) is 8.44. The van der Waals surface area contributed by atoms with Crippen LogP contribution >= 0.6 is 43.5 Å². The first-order valence-corrected chi connectivity index (χ1v) is 6.66. The summed E-state index contributed by atoms with van der Waals surface area (Å²) in [7, 11) is 0. The molecule has 0 saturated carbocycles. The molecule has 6 heteroatoms. The fourth-order valence-corrected chi connectivity index (χ4v) is 2.21. The molecular weight excluding hydrogens is 376 g/mol. The van der Waals surface area contributed by atoms with Crippen LogP contribution in [0.15, 0.2) is 37.8 Å². The molecule has 1 heterocycles. The van der Waals surface area contributed by atoms with Crippen molar-refractivity contribution in [3.8, 4) is 0 Å². The molecule has 1 N–H and O–H groups in total. The molecule has 0 spiro atoms. The third-order valence-corrected chi connectivity index (χ3v) is 4.12.